The molecule has 21 heavy (non-hydrogen) atoms. The summed E-state index contributed by atoms with van der Waals surface area (Å²) in [5.41, 5.74) is 5.01. The molecule has 0 saturated carbocycles. The van der Waals surface area contributed by atoms with E-state index >= 15 is 0 Å². The van der Waals surface area contributed by atoms with Crippen molar-refractivity contribution in [3.63, 3.8) is 0 Å². The van der Waals surface area contributed by atoms with Gasteiger partial charge in [0.2, 0.25) is 0 Å². The molecule has 0 heterocycles. The van der Waals surface area contributed by atoms with Crippen LogP contribution in [0.3, 0.4) is 0 Å². The minimum atomic E-state index is -0.892. The first-order chi connectivity index (χ1) is 9.99. The van der Waals surface area contributed by atoms with Crippen molar-refractivity contribution in [3.8, 4) is 0 Å². The van der Waals surface area contributed by atoms with Crippen molar-refractivity contribution in [2.75, 3.05) is 33.0 Å². The molecule has 0 spiro atoms. The predicted octanol–water partition coefficient (Wildman–Crippen LogP) is -1.35. The predicted molar refractivity (Wildman–Crippen MR) is 69.1 cm³/mol. The van der Waals surface area contributed by atoms with Gasteiger partial charge in [0.1, 0.15) is 13.2 Å². The Hall–Kier alpha value is -2.62. The van der Waals surface area contributed by atoms with E-state index in [1.165, 1.54) is 0 Å². The van der Waals surface area contributed by atoms with Crippen molar-refractivity contribution < 1.29 is 33.4 Å². The number of hydrogen-bond acceptors (Lipinski definition) is 8. The van der Waals surface area contributed by atoms with Crippen molar-refractivity contribution in [3.05, 3.63) is 12.7 Å². The minimum absolute atomic E-state index is 0.116. The molecule has 0 unspecified atom stereocenters. The maximum absolute atomic E-state index is 11.1. The van der Waals surface area contributed by atoms with Crippen LogP contribution >= 0.6 is 0 Å². The number of rotatable bonds is 9. The maximum atomic E-state index is 11.1. The van der Waals surface area contributed by atoms with Crippen molar-refractivity contribution in [2.24, 2.45) is 5.73 Å². The lowest BCUT2D eigenvalue weighted by Crippen LogP contribution is -2.38. The Morgan fingerprint density at radius 1 is 1.00 bits per heavy atom. The van der Waals surface area contributed by atoms with E-state index in [0.29, 0.717) is 0 Å². The lowest BCUT2D eigenvalue weighted by molar-refractivity contribution is -0.138. The summed E-state index contributed by atoms with van der Waals surface area (Å²) in [6, 6.07) is 0. The Balaban J connectivity index is 3.56. The molecule has 2 amide bonds. The van der Waals surface area contributed by atoms with Crippen molar-refractivity contribution >= 4 is 23.9 Å². The molecule has 0 bridgehead atoms. The summed E-state index contributed by atoms with van der Waals surface area (Å²) in [7, 11) is 0. The van der Waals surface area contributed by atoms with Gasteiger partial charge >= 0.3 is 18.2 Å². The van der Waals surface area contributed by atoms with Crippen molar-refractivity contribution in [1.29, 1.82) is 0 Å². The zero-order valence-electron chi connectivity index (χ0n) is 11.3. The second kappa shape index (κ2) is 11.2. The van der Waals surface area contributed by atoms with Crippen LogP contribution in [0.4, 0.5) is 9.59 Å². The summed E-state index contributed by atoms with van der Waals surface area (Å²) < 4.78 is 13.6. The number of esters is 1. The highest BCUT2D eigenvalue weighted by molar-refractivity contribution is 5.83. The van der Waals surface area contributed by atoms with Crippen LogP contribution in [0.1, 0.15) is 0 Å². The third-order valence-electron chi connectivity index (χ3n) is 1.78. The van der Waals surface area contributed by atoms with Gasteiger partial charge in [0.25, 0.3) is 0 Å². The van der Waals surface area contributed by atoms with E-state index < -0.39 is 30.5 Å². The Labute approximate surface area is 120 Å². The topological polar surface area (TPSA) is 146 Å². The summed E-state index contributed by atoms with van der Waals surface area (Å²) >= 11 is 0. The number of Topliss-reactive ketones (excluding diaryl/α,β-unsaturated/α-hetero) is 1. The summed E-state index contributed by atoms with van der Waals surface area (Å²) in [6.07, 6.45) is -0.745. The molecule has 4 N–H and O–H groups in total. The Bertz CT molecular complexity index is 397. The number of hydrogen-bond donors (Lipinski definition) is 3. The summed E-state index contributed by atoms with van der Waals surface area (Å²) in [5, 5.41) is 4.32. The third kappa shape index (κ3) is 10.9. The Morgan fingerprint density at radius 3 is 2.14 bits per heavy atom. The monoisotopic (exact) mass is 303 g/mol. The molecule has 10 heteroatoms. The molecular weight excluding hydrogens is 286 g/mol. The first kappa shape index (κ1) is 18.4. The van der Waals surface area contributed by atoms with Gasteiger partial charge in [-0.15, -0.1) is 0 Å². The number of alkyl carbamates (subject to hydrolysis) is 2. The molecule has 0 aliphatic carbocycles. The van der Waals surface area contributed by atoms with E-state index in [-0.39, 0.29) is 26.4 Å². The largest absolute Gasteiger partial charge is 0.459 e. The molecular formula is C11H17N3O7. The van der Waals surface area contributed by atoms with Gasteiger partial charge < -0.3 is 30.6 Å². The molecule has 0 saturated heterocycles. The standard InChI is InChI=1S/C11H17N3O7/c1-2-9(16)19-3-4-20-10(17)13-7-14-11(18)21-6-8(15)5-12/h2H,1,3-7,12H2,(H,13,17)(H,14,18). The van der Waals surface area contributed by atoms with Gasteiger partial charge in [-0.2, -0.15) is 0 Å². The van der Waals surface area contributed by atoms with Gasteiger partial charge in [0, 0.05) is 6.08 Å². The molecule has 0 atom stereocenters. The van der Waals surface area contributed by atoms with Crippen molar-refractivity contribution in [2.45, 2.75) is 0 Å². The Morgan fingerprint density at radius 2 is 1.57 bits per heavy atom. The normalized spacial score (nSPS) is 9.19. The molecule has 0 aromatic rings. The van der Waals surface area contributed by atoms with E-state index in [4.69, 9.17) is 5.73 Å². The number of ketones is 1. The molecule has 0 aromatic heterocycles. The molecule has 118 valence electrons. The number of nitrogens with two attached hydrogens (primary N) is 1. The van der Waals surface area contributed by atoms with Gasteiger partial charge in [0.15, 0.2) is 12.4 Å². The average Bonchev–Trinajstić information content (AvgIpc) is 2.48. The zero-order chi connectivity index (χ0) is 16.1. The lowest BCUT2D eigenvalue weighted by atomic mass is 10.4. The third-order valence-corrected chi connectivity index (χ3v) is 1.78. The highest BCUT2D eigenvalue weighted by atomic mass is 16.6. The smallest absolute Gasteiger partial charge is 0.408 e. The molecule has 0 radical (unpaired) electrons. The molecule has 10 nitrogen and oxygen atoms in total. The van der Waals surface area contributed by atoms with Gasteiger partial charge in [-0.25, -0.2) is 14.4 Å². The summed E-state index contributed by atoms with van der Waals surface area (Å²) in [5.74, 6) is -1.07. The van der Waals surface area contributed by atoms with Crippen LogP contribution in [0.2, 0.25) is 0 Å². The fraction of sp³-hybridized carbons (Fsp3) is 0.455. The minimum Gasteiger partial charge on any atom is -0.459 e. The second-order valence-corrected chi connectivity index (χ2v) is 3.36. The molecule has 0 aliphatic heterocycles. The quantitative estimate of drug-likeness (QED) is 0.156. The van der Waals surface area contributed by atoms with Gasteiger partial charge in [0.05, 0.1) is 13.2 Å². The Kier molecular flexibility index (Phi) is 9.83. The van der Waals surface area contributed by atoms with Crippen LogP contribution in [0.5, 0.6) is 0 Å². The van der Waals surface area contributed by atoms with E-state index in [2.05, 4.69) is 31.4 Å². The zero-order valence-corrected chi connectivity index (χ0v) is 11.3. The van der Waals surface area contributed by atoms with Gasteiger partial charge in [-0.05, 0) is 0 Å². The highest BCUT2D eigenvalue weighted by Crippen LogP contribution is 1.83. The molecule has 0 aliphatic rings. The van der Waals surface area contributed by atoms with E-state index in [1.807, 2.05) is 0 Å². The molecule has 0 rings (SSSR count). The van der Waals surface area contributed by atoms with E-state index in [9.17, 15) is 19.2 Å². The van der Waals surface area contributed by atoms with Crippen LogP contribution < -0.4 is 16.4 Å². The number of nitrogens with one attached hydrogen (secondary N) is 2. The van der Waals surface area contributed by atoms with Gasteiger partial charge in [-0.3, -0.25) is 4.79 Å². The fourth-order valence-corrected chi connectivity index (χ4v) is 0.831. The molecule has 0 fully saturated rings. The van der Waals surface area contributed by atoms with Gasteiger partial charge in [-0.1, -0.05) is 6.58 Å². The van der Waals surface area contributed by atoms with Crippen LogP contribution in [-0.2, 0) is 23.8 Å². The van der Waals surface area contributed by atoms with Crippen LogP contribution in [0.25, 0.3) is 0 Å². The first-order valence-corrected chi connectivity index (χ1v) is 5.81. The highest BCUT2D eigenvalue weighted by Gasteiger charge is 2.06. The van der Waals surface area contributed by atoms with Crippen LogP contribution in [0.15, 0.2) is 12.7 Å². The first-order valence-electron chi connectivity index (χ1n) is 5.81. The van der Waals surface area contributed by atoms with Crippen LogP contribution in [0, 0.1) is 0 Å². The van der Waals surface area contributed by atoms with Crippen molar-refractivity contribution in [1.82, 2.24) is 10.6 Å². The summed E-state index contributed by atoms with van der Waals surface area (Å²) in [4.78, 5) is 43.5. The lowest BCUT2D eigenvalue weighted by Gasteiger charge is -2.08. The number of ether oxygens (including phenoxy) is 3. The number of carbonyl (C=O) groups is 4. The fourth-order valence-electron chi connectivity index (χ4n) is 0.831. The SMILES string of the molecule is C=CC(=O)OCCOC(=O)NCNC(=O)OCC(=O)CN. The van der Waals surface area contributed by atoms with Crippen LogP contribution in [-0.4, -0.2) is 57.0 Å². The number of amides is 2. The second-order valence-electron chi connectivity index (χ2n) is 3.36. The maximum Gasteiger partial charge on any atom is 0.408 e. The van der Waals surface area contributed by atoms with E-state index in [0.717, 1.165) is 6.08 Å². The summed E-state index contributed by atoms with van der Waals surface area (Å²) in [6.45, 7) is 1.99. The van der Waals surface area contributed by atoms with E-state index in [1.54, 1.807) is 0 Å². The average molecular weight is 303 g/mol. The molecule has 0 aromatic carbocycles. The number of carbonyl (C=O) groups excluding carboxylic acids is 4.